The van der Waals surface area contributed by atoms with Crippen molar-refractivity contribution in [2.45, 2.75) is 11.3 Å². The van der Waals surface area contributed by atoms with Crippen LogP contribution in [0.2, 0.25) is 0 Å². The summed E-state index contributed by atoms with van der Waals surface area (Å²) < 4.78 is 28.6. The van der Waals surface area contributed by atoms with E-state index in [-0.39, 0.29) is 16.6 Å². The number of amides is 1. The Labute approximate surface area is 164 Å². The zero-order valence-corrected chi connectivity index (χ0v) is 16.1. The van der Waals surface area contributed by atoms with Crippen LogP contribution in [0.5, 0.6) is 5.75 Å². The molecule has 0 atom stereocenters. The molecule has 0 aliphatic heterocycles. The van der Waals surface area contributed by atoms with E-state index in [0.29, 0.717) is 17.7 Å². The van der Waals surface area contributed by atoms with Crippen LogP contribution in [0, 0.1) is 0 Å². The van der Waals surface area contributed by atoms with Crippen LogP contribution in [0.4, 0.5) is 5.69 Å². The lowest BCUT2D eigenvalue weighted by molar-refractivity contribution is 0.102. The first-order valence-corrected chi connectivity index (χ1v) is 10.1. The van der Waals surface area contributed by atoms with Gasteiger partial charge in [0.2, 0.25) is 10.0 Å². The number of nitrogens with two attached hydrogens (primary N) is 1. The molecule has 3 rings (SSSR count). The van der Waals surface area contributed by atoms with E-state index in [1.165, 1.54) is 19.2 Å². The number of sulfonamides is 1. The highest BCUT2D eigenvalue weighted by Crippen LogP contribution is 2.26. The Balaban J connectivity index is 1.88. The molecule has 0 saturated carbocycles. The first-order valence-electron chi connectivity index (χ1n) is 8.52. The van der Waals surface area contributed by atoms with Crippen LogP contribution in [0.15, 0.2) is 77.7 Å². The molecule has 28 heavy (non-hydrogen) atoms. The fourth-order valence-electron chi connectivity index (χ4n) is 2.89. The van der Waals surface area contributed by atoms with Crippen molar-refractivity contribution in [1.82, 2.24) is 0 Å². The fourth-order valence-corrected chi connectivity index (χ4v) is 3.61. The summed E-state index contributed by atoms with van der Waals surface area (Å²) in [6.45, 7) is 0. The van der Waals surface area contributed by atoms with Crippen LogP contribution in [0.25, 0.3) is 0 Å². The van der Waals surface area contributed by atoms with Gasteiger partial charge in [0.1, 0.15) is 10.6 Å². The molecule has 0 spiro atoms. The Kier molecular flexibility index (Phi) is 5.77. The number of carbonyl (C=O) groups excluding carboxylic acids is 1. The molecule has 7 heteroatoms. The number of anilines is 1. The smallest absolute Gasteiger partial charge is 0.255 e. The van der Waals surface area contributed by atoms with Crippen LogP contribution in [-0.2, 0) is 16.4 Å². The molecule has 1 amide bonds. The Morgan fingerprint density at radius 3 is 2.36 bits per heavy atom. The molecule has 3 aromatic carbocycles. The molecule has 0 radical (unpaired) electrons. The molecule has 0 fully saturated rings. The maximum Gasteiger partial charge on any atom is 0.255 e. The van der Waals surface area contributed by atoms with Crippen LogP contribution < -0.4 is 15.2 Å². The lowest BCUT2D eigenvalue weighted by Crippen LogP contribution is -2.17. The Bertz CT molecular complexity index is 1100. The number of nitrogens with one attached hydrogen (secondary N) is 1. The largest absolute Gasteiger partial charge is 0.495 e. The van der Waals surface area contributed by atoms with Gasteiger partial charge in [-0.25, -0.2) is 13.6 Å². The number of ether oxygens (including phenoxy) is 1. The number of benzene rings is 3. The van der Waals surface area contributed by atoms with E-state index in [0.717, 1.165) is 11.1 Å². The lowest BCUT2D eigenvalue weighted by Gasteiger charge is -2.12. The van der Waals surface area contributed by atoms with Crippen molar-refractivity contribution >= 4 is 21.6 Å². The number of methoxy groups -OCH3 is 1. The van der Waals surface area contributed by atoms with Crippen molar-refractivity contribution in [3.05, 3.63) is 89.5 Å². The summed E-state index contributed by atoms with van der Waals surface area (Å²) in [6.07, 6.45) is 0.607. The molecular formula is C21H20N2O4S. The lowest BCUT2D eigenvalue weighted by atomic mass is 9.99. The summed E-state index contributed by atoms with van der Waals surface area (Å²) >= 11 is 0. The average molecular weight is 396 g/mol. The monoisotopic (exact) mass is 396 g/mol. The van der Waals surface area contributed by atoms with Gasteiger partial charge in [-0.2, -0.15) is 0 Å². The first-order chi connectivity index (χ1) is 13.4. The number of hydrogen-bond donors (Lipinski definition) is 2. The number of rotatable bonds is 6. The molecule has 0 aliphatic carbocycles. The number of hydrogen-bond acceptors (Lipinski definition) is 4. The molecule has 0 unspecified atom stereocenters. The molecule has 0 aromatic heterocycles. The summed E-state index contributed by atoms with van der Waals surface area (Å²) in [4.78, 5) is 12.6. The van der Waals surface area contributed by atoms with Gasteiger partial charge in [-0.1, -0.05) is 48.5 Å². The predicted molar refractivity (Wildman–Crippen MR) is 108 cm³/mol. The second kappa shape index (κ2) is 8.24. The third kappa shape index (κ3) is 4.57. The van der Waals surface area contributed by atoms with Gasteiger partial charge in [-0.15, -0.1) is 0 Å². The third-order valence-corrected chi connectivity index (χ3v) is 5.16. The van der Waals surface area contributed by atoms with Crippen molar-refractivity contribution < 1.29 is 17.9 Å². The van der Waals surface area contributed by atoms with Crippen molar-refractivity contribution in [2.24, 2.45) is 5.14 Å². The normalized spacial score (nSPS) is 11.1. The van der Waals surface area contributed by atoms with Crippen molar-refractivity contribution in [1.29, 1.82) is 0 Å². The van der Waals surface area contributed by atoms with Gasteiger partial charge in [-0.05, 0) is 41.8 Å². The van der Waals surface area contributed by atoms with Crippen molar-refractivity contribution in [3.63, 3.8) is 0 Å². The van der Waals surface area contributed by atoms with Gasteiger partial charge in [0.05, 0.1) is 7.11 Å². The SMILES string of the molecule is COc1ccc(NC(=O)c2ccccc2Cc2ccccc2)cc1S(N)(=O)=O. The van der Waals surface area contributed by atoms with Crippen molar-refractivity contribution in [3.8, 4) is 5.75 Å². The molecule has 144 valence electrons. The molecular weight excluding hydrogens is 376 g/mol. The quantitative estimate of drug-likeness (QED) is 0.668. The van der Waals surface area contributed by atoms with Crippen LogP contribution >= 0.6 is 0 Å². The van der Waals surface area contributed by atoms with Gasteiger partial charge in [0.15, 0.2) is 0 Å². The van der Waals surface area contributed by atoms with Gasteiger partial charge >= 0.3 is 0 Å². The predicted octanol–water partition coefficient (Wildman–Crippen LogP) is 3.19. The molecule has 0 bridgehead atoms. The highest BCUT2D eigenvalue weighted by atomic mass is 32.2. The van der Waals surface area contributed by atoms with E-state index in [9.17, 15) is 13.2 Å². The van der Waals surface area contributed by atoms with Crippen LogP contribution in [0.1, 0.15) is 21.5 Å². The highest BCUT2D eigenvalue weighted by molar-refractivity contribution is 7.89. The molecule has 6 nitrogen and oxygen atoms in total. The zero-order valence-electron chi connectivity index (χ0n) is 15.3. The van der Waals surface area contributed by atoms with E-state index in [2.05, 4.69) is 5.32 Å². The van der Waals surface area contributed by atoms with Crippen molar-refractivity contribution in [2.75, 3.05) is 12.4 Å². The van der Waals surface area contributed by atoms with E-state index < -0.39 is 10.0 Å². The minimum atomic E-state index is -3.99. The molecule has 3 aromatic rings. The Morgan fingerprint density at radius 1 is 1.00 bits per heavy atom. The summed E-state index contributed by atoms with van der Waals surface area (Å²) in [6, 6.07) is 21.4. The highest BCUT2D eigenvalue weighted by Gasteiger charge is 2.17. The maximum absolute atomic E-state index is 12.8. The topological polar surface area (TPSA) is 98.5 Å². The number of carbonyl (C=O) groups is 1. The second-order valence-corrected chi connectivity index (χ2v) is 7.71. The van der Waals surface area contributed by atoms with E-state index in [4.69, 9.17) is 9.88 Å². The van der Waals surface area contributed by atoms with E-state index in [1.807, 2.05) is 42.5 Å². The summed E-state index contributed by atoms with van der Waals surface area (Å²) in [7, 11) is -2.64. The molecule has 0 aliphatic rings. The zero-order chi connectivity index (χ0) is 20.1. The number of primary sulfonamides is 1. The van der Waals surface area contributed by atoms with E-state index in [1.54, 1.807) is 18.2 Å². The van der Waals surface area contributed by atoms with Gasteiger partial charge in [0.25, 0.3) is 5.91 Å². The minimum Gasteiger partial charge on any atom is -0.495 e. The van der Waals surface area contributed by atoms with Crippen LogP contribution in [-0.4, -0.2) is 21.4 Å². The molecule has 0 heterocycles. The van der Waals surface area contributed by atoms with Gasteiger partial charge in [-0.3, -0.25) is 4.79 Å². The summed E-state index contributed by atoms with van der Waals surface area (Å²) in [5, 5.41) is 7.97. The summed E-state index contributed by atoms with van der Waals surface area (Å²) in [5.41, 5.74) is 2.78. The molecule has 0 saturated heterocycles. The average Bonchev–Trinajstić information content (AvgIpc) is 2.68. The fraction of sp³-hybridized carbons (Fsp3) is 0.0952. The van der Waals surface area contributed by atoms with Gasteiger partial charge < -0.3 is 10.1 Å². The van der Waals surface area contributed by atoms with Crippen LogP contribution in [0.3, 0.4) is 0 Å². The standard InChI is InChI=1S/C21H20N2O4S/c1-27-19-12-11-17(14-20(19)28(22,25)26)23-21(24)18-10-6-5-9-16(18)13-15-7-3-2-4-8-15/h2-12,14H,13H2,1H3,(H,23,24)(H2,22,25,26). The Hall–Kier alpha value is -3.16. The maximum atomic E-state index is 12.8. The second-order valence-electron chi connectivity index (χ2n) is 6.18. The Morgan fingerprint density at radius 2 is 1.68 bits per heavy atom. The third-order valence-electron chi connectivity index (χ3n) is 4.23. The first kappa shape index (κ1) is 19.6. The van der Waals surface area contributed by atoms with E-state index >= 15 is 0 Å². The molecule has 3 N–H and O–H groups in total. The minimum absolute atomic E-state index is 0.116. The summed E-state index contributed by atoms with van der Waals surface area (Å²) in [5.74, 6) is -0.220. The van der Waals surface area contributed by atoms with Gasteiger partial charge in [0, 0.05) is 11.3 Å².